The number of unbranched alkanes of at least 4 members (excludes halogenated alkanes) is 15. The number of rotatable bonds is 36. The number of aliphatic hydroxyl groups excluding tert-OH is 2. The van der Waals surface area contributed by atoms with Crippen LogP contribution in [0.1, 0.15) is 168 Å². The lowest BCUT2D eigenvalue weighted by Crippen LogP contribution is -2.37. The zero-order valence-corrected chi connectivity index (χ0v) is 30.8. The number of carbonyl (C=O) groups is 1. The minimum absolute atomic E-state index is 0.141. The number of aliphatic hydroxyl groups is 2. The number of hydrogen-bond donors (Lipinski definition) is 3. The van der Waals surface area contributed by atoms with Gasteiger partial charge in [-0.15, -0.1) is 0 Å². The van der Waals surface area contributed by atoms with Crippen LogP contribution in [0, 0.1) is 5.92 Å². The fourth-order valence-corrected chi connectivity index (χ4v) is 5.68. The van der Waals surface area contributed by atoms with Crippen molar-refractivity contribution in [1.82, 2.24) is 10.2 Å². The van der Waals surface area contributed by atoms with Crippen molar-refractivity contribution in [2.24, 2.45) is 5.92 Å². The minimum Gasteiger partial charge on any atom is -0.394 e. The number of allylic oxidation sites excluding steroid dienone is 4. The molecule has 46 heavy (non-hydrogen) atoms. The van der Waals surface area contributed by atoms with Gasteiger partial charge in [0.2, 0.25) is 5.91 Å². The molecule has 0 saturated carbocycles. The highest BCUT2D eigenvalue weighted by atomic mass is 16.5. The molecule has 0 radical (unpaired) electrons. The Balaban J connectivity index is 3.72. The standard InChI is InChI=1S/C40H78N2O4/c1-4-5-6-7-8-9-10-11-12-13-14-15-19-22-25-30-40(45)41-31-27-32-42(36-39(44)37-43)33-28-35-46-34-26-23-20-17-16-18-21-24-29-38(2)3/h8-9,11-12,38-39,43-44H,4-7,10,13-37H2,1-3H3,(H,41,45)/b9-8-,12-11-. The van der Waals surface area contributed by atoms with Crippen LogP contribution in [0.3, 0.4) is 0 Å². The van der Waals surface area contributed by atoms with Crippen molar-refractivity contribution in [3.05, 3.63) is 24.3 Å². The summed E-state index contributed by atoms with van der Waals surface area (Å²) in [5, 5.41) is 22.3. The Morgan fingerprint density at radius 3 is 1.93 bits per heavy atom. The van der Waals surface area contributed by atoms with Crippen LogP contribution in [-0.2, 0) is 9.53 Å². The van der Waals surface area contributed by atoms with Gasteiger partial charge in [0.15, 0.2) is 0 Å². The molecule has 0 aliphatic carbocycles. The predicted molar refractivity (Wildman–Crippen MR) is 198 cm³/mol. The summed E-state index contributed by atoms with van der Waals surface area (Å²) in [5.41, 5.74) is 0. The van der Waals surface area contributed by atoms with E-state index in [1.54, 1.807) is 0 Å². The number of amides is 1. The molecular formula is C40H78N2O4. The second kappa shape index (κ2) is 36.6. The highest BCUT2D eigenvalue weighted by Crippen LogP contribution is 2.13. The molecule has 0 rings (SSSR count). The van der Waals surface area contributed by atoms with Gasteiger partial charge in [0.05, 0.1) is 12.7 Å². The van der Waals surface area contributed by atoms with E-state index >= 15 is 0 Å². The monoisotopic (exact) mass is 651 g/mol. The molecule has 0 aromatic carbocycles. The molecule has 0 spiro atoms. The Labute approximate surface area is 286 Å². The third-order valence-corrected chi connectivity index (χ3v) is 8.59. The number of hydrogen-bond acceptors (Lipinski definition) is 5. The minimum atomic E-state index is -0.732. The van der Waals surface area contributed by atoms with E-state index in [9.17, 15) is 15.0 Å². The van der Waals surface area contributed by atoms with Gasteiger partial charge in [0.25, 0.3) is 0 Å². The fourth-order valence-electron chi connectivity index (χ4n) is 5.68. The summed E-state index contributed by atoms with van der Waals surface area (Å²) in [4.78, 5) is 14.4. The molecule has 6 heteroatoms. The molecule has 1 unspecified atom stereocenters. The largest absolute Gasteiger partial charge is 0.394 e. The zero-order valence-electron chi connectivity index (χ0n) is 30.8. The average Bonchev–Trinajstić information content (AvgIpc) is 3.04. The van der Waals surface area contributed by atoms with Gasteiger partial charge in [-0.05, 0) is 70.3 Å². The quantitative estimate of drug-likeness (QED) is 0.0465. The van der Waals surface area contributed by atoms with Crippen molar-refractivity contribution in [1.29, 1.82) is 0 Å². The van der Waals surface area contributed by atoms with Crippen molar-refractivity contribution in [3.63, 3.8) is 0 Å². The molecule has 0 fully saturated rings. The van der Waals surface area contributed by atoms with Crippen molar-refractivity contribution >= 4 is 5.91 Å². The van der Waals surface area contributed by atoms with E-state index in [-0.39, 0.29) is 12.5 Å². The van der Waals surface area contributed by atoms with E-state index in [4.69, 9.17) is 4.74 Å². The molecule has 0 aromatic heterocycles. The van der Waals surface area contributed by atoms with Crippen molar-refractivity contribution in [3.8, 4) is 0 Å². The zero-order chi connectivity index (χ0) is 33.8. The van der Waals surface area contributed by atoms with Crippen LogP contribution in [0.4, 0.5) is 0 Å². The van der Waals surface area contributed by atoms with Gasteiger partial charge in [-0.25, -0.2) is 0 Å². The Kier molecular flexibility index (Phi) is 35.7. The first-order chi connectivity index (χ1) is 22.5. The van der Waals surface area contributed by atoms with Crippen LogP contribution in [0.5, 0.6) is 0 Å². The molecule has 1 atom stereocenters. The molecule has 6 nitrogen and oxygen atoms in total. The third-order valence-electron chi connectivity index (χ3n) is 8.59. The van der Waals surface area contributed by atoms with Gasteiger partial charge >= 0.3 is 0 Å². The normalized spacial score (nSPS) is 12.8. The highest BCUT2D eigenvalue weighted by molar-refractivity contribution is 5.75. The van der Waals surface area contributed by atoms with Crippen LogP contribution in [0.15, 0.2) is 24.3 Å². The number of nitrogens with zero attached hydrogens (tertiary/aromatic N) is 1. The summed E-state index contributed by atoms with van der Waals surface area (Å²) in [6.45, 7) is 10.9. The molecule has 3 N–H and O–H groups in total. The topological polar surface area (TPSA) is 82.0 Å². The second-order valence-corrected chi connectivity index (χ2v) is 13.8. The second-order valence-electron chi connectivity index (χ2n) is 13.8. The van der Waals surface area contributed by atoms with E-state index in [1.165, 1.54) is 96.3 Å². The van der Waals surface area contributed by atoms with E-state index in [0.29, 0.717) is 19.5 Å². The fraction of sp³-hybridized carbons (Fsp3) is 0.875. The lowest BCUT2D eigenvalue weighted by Gasteiger charge is -2.24. The van der Waals surface area contributed by atoms with Crippen molar-refractivity contribution in [2.75, 3.05) is 46.0 Å². The summed E-state index contributed by atoms with van der Waals surface area (Å²) in [7, 11) is 0. The molecule has 0 aliphatic heterocycles. The van der Waals surface area contributed by atoms with Crippen LogP contribution >= 0.6 is 0 Å². The molecule has 0 aromatic rings. The molecule has 0 aliphatic rings. The first-order valence-electron chi connectivity index (χ1n) is 19.6. The summed E-state index contributed by atoms with van der Waals surface area (Å²) >= 11 is 0. The molecule has 1 amide bonds. The number of ether oxygens (including phenoxy) is 1. The van der Waals surface area contributed by atoms with E-state index < -0.39 is 6.10 Å². The van der Waals surface area contributed by atoms with E-state index in [1.807, 2.05) is 0 Å². The van der Waals surface area contributed by atoms with Crippen molar-refractivity contribution < 1.29 is 19.7 Å². The first-order valence-corrected chi connectivity index (χ1v) is 19.6. The molecular weight excluding hydrogens is 572 g/mol. The highest BCUT2D eigenvalue weighted by Gasteiger charge is 2.11. The van der Waals surface area contributed by atoms with E-state index in [0.717, 1.165) is 77.2 Å². The summed E-state index contributed by atoms with van der Waals surface area (Å²) < 4.78 is 5.86. The maximum atomic E-state index is 12.2. The smallest absolute Gasteiger partial charge is 0.219 e. The Hall–Kier alpha value is -1.21. The van der Waals surface area contributed by atoms with Gasteiger partial charge in [-0.2, -0.15) is 0 Å². The maximum Gasteiger partial charge on any atom is 0.219 e. The van der Waals surface area contributed by atoms with Gasteiger partial charge in [-0.1, -0.05) is 129 Å². The third kappa shape index (κ3) is 35.6. The van der Waals surface area contributed by atoms with Crippen LogP contribution in [-0.4, -0.2) is 73.1 Å². The predicted octanol–water partition coefficient (Wildman–Crippen LogP) is 9.53. The molecule has 0 heterocycles. The van der Waals surface area contributed by atoms with Gasteiger partial charge < -0.3 is 25.2 Å². The number of nitrogens with one attached hydrogen (secondary N) is 1. The Morgan fingerprint density at radius 2 is 1.28 bits per heavy atom. The number of carbonyl (C=O) groups excluding carboxylic acids is 1. The Bertz CT molecular complexity index is 682. The van der Waals surface area contributed by atoms with Gasteiger partial charge in [-0.3, -0.25) is 4.79 Å². The lowest BCUT2D eigenvalue weighted by molar-refractivity contribution is -0.121. The van der Waals surface area contributed by atoms with Crippen molar-refractivity contribution in [2.45, 2.75) is 175 Å². The average molecular weight is 651 g/mol. The lowest BCUT2D eigenvalue weighted by atomic mass is 10.0. The summed E-state index contributed by atoms with van der Waals surface area (Å²) in [6.07, 6.45) is 35.8. The maximum absolute atomic E-state index is 12.2. The molecule has 0 bridgehead atoms. The van der Waals surface area contributed by atoms with E-state index in [2.05, 4.69) is 55.3 Å². The first kappa shape index (κ1) is 44.8. The molecule has 0 saturated heterocycles. The SMILES string of the molecule is CCCCC/C=C\C/C=C\CCCCCCCC(=O)NCCCN(CCCOCCCCCCCCCCC(C)C)CC(O)CO. The van der Waals surface area contributed by atoms with Crippen LogP contribution in [0.25, 0.3) is 0 Å². The Morgan fingerprint density at radius 1 is 0.717 bits per heavy atom. The van der Waals surface area contributed by atoms with Gasteiger partial charge in [0.1, 0.15) is 0 Å². The summed E-state index contributed by atoms with van der Waals surface area (Å²) in [5.74, 6) is 0.980. The summed E-state index contributed by atoms with van der Waals surface area (Å²) in [6, 6.07) is 0. The van der Waals surface area contributed by atoms with Gasteiger partial charge in [0, 0.05) is 39.3 Å². The van der Waals surface area contributed by atoms with Crippen LogP contribution < -0.4 is 5.32 Å². The molecule has 272 valence electrons. The van der Waals surface area contributed by atoms with Crippen LogP contribution in [0.2, 0.25) is 0 Å².